The minimum atomic E-state index is 0.123. The highest BCUT2D eigenvalue weighted by atomic mass is 16.3. The maximum atomic E-state index is 9.24. The summed E-state index contributed by atoms with van der Waals surface area (Å²) in [4.78, 5) is 0. The Balaban J connectivity index is 3.70. The molecule has 0 heterocycles. The molecule has 0 rings (SSSR count). The number of rotatable bonds is 17. The summed E-state index contributed by atoms with van der Waals surface area (Å²) >= 11 is 0. The highest BCUT2D eigenvalue weighted by Crippen LogP contribution is 2.13. The van der Waals surface area contributed by atoms with Crippen LogP contribution in [-0.4, -0.2) is 65.8 Å². The molecule has 0 aromatic heterocycles. The maximum absolute atomic E-state index is 9.24. The van der Waals surface area contributed by atoms with Crippen LogP contribution in [0.1, 0.15) is 71.1 Å². The SMILES string of the molecule is CCCCCCCCCCCC[N+](CCO)(CCO)CCO. The topological polar surface area (TPSA) is 60.7 Å². The van der Waals surface area contributed by atoms with Crippen molar-refractivity contribution < 1.29 is 19.8 Å². The Labute approximate surface area is 137 Å². The Morgan fingerprint density at radius 1 is 0.500 bits per heavy atom. The predicted molar refractivity (Wildman–Crippen MR) is 92.8 cm³/mol. The van der Waals surface area contributed by atoms with Gasteiger partial charge in [0.2, 0.25) is 0 Å². The molecule has 0 fully saturated rings. The highest BCUT2D eigenvalue weighted by Gasteiger charge is 2.25. The van der Waals surface area contributed by atoms with E-state index in [9.17, 15) is 15.3 Å². The average Bonchev–Trinajstić information content (AvgIpc) is 2.50. The highest BCUT2D eigenvalue weighted by molar-refractivity contribution is 4.50. The zero-order valence-electron chi connectivity index (χ0n) is 14.8. The summed E-state index contributed by atoms with van der Waals surface area (Å²) in [6.07, 6.45) is 13.1. The minimum absolute atomic E-state index is 0.123. The van der Waals surface area contributed by atoms with Crippen molar-refractivity contribution >= 4 is 0 Å². The predicted octanol–water partition coefficient (Wildman–Crippen LogP) is 2.70. The summed E-state index contributed by atoms with van der Waals surface area (Å²) in [7, 11) is 0. The number of quaternary nitrogens is 1. The fraction of sp³-hybridized carbons (Fsp3) is 1.00. The molecule has 0 amide bonds. The van der Waals surface area contributed by atoms with Crippen LogP contribution in [0.3, 0.4) is 0 Å². The van der Waals surface area contributed by atoms with Gasteiger partial charge in [-0.15, -0.1) is 0 Å². The molecule has 0 atom stereocenters. The number of aliphatic hydroxyl groups is 3. The molecule has 0 saturated carbocycles. The quantitative estimate of drug-likeness (QED) is 0.285. The van der Waals surface area contributed by atoms with Gasteiger partial charge in [0.05, 0.1) is 26.4 Å². The molecule has 0 aliphatic rings. The lowest BCUT2D eigenvalue weighted by atomic mass is 10.1. The molecule has 0 aliphatic carbocycles. The van der Waals surface area contributed by atoms with E-state index in [1.165, 1.54) is 57.8 Å². The number of aliphatic hydroxyl groups excluding tert-OH is 3. The third kappa shape index (κ3) is 11.4. The lowest BCUT2D eigenvalue weighted by Crippen LogP contribution is -2.53. The first kappa shape index (κ1) is 21.8. The second-order valence-corrected chi connectivity index (χ2v) is 6.59. The van der Waals surface area contributed by atoms with E-state index >= 15 is 0 Å². The second-order valence-electron chi connectivity index (χ2n) is 6.59. The maximum Gasteiger partial charge on any atom is 0.102 e. The Morgan fingerprint density at radius 2 is 0.864 bits per heavy atom. The van der Waals surface area contributed by atoms with Crippen molar-refractivity contribution in [2.45, 2.75) is 71.1 Å². The number of nitrogens with zero attached hydrogens (tertiary/aromatic N) is 1. The molecular formula is C18H40NO3+. The molecule has 0 aromatic rings. The Morgan fingerprint density at radius 3 is 1.23 bits per heavy atom. The van der Waals surface area contributed by atoms with Crippen molar-refractivity contribution in [3.8, 4) is 0 Å². The van der Waals surface area contributed by atoms with E-state index in [0.29, 0.717) is 24.1 Å². The summed E-state index contributed by atoms with van der Waals surface area (Å²) in [6.45, 7) is 5.49. The fourth-order valence-electron chi connectivity index (χ4n) is 3.24. The van der Waals surface area contributed by atoms with E-state index in [4.69, 9.17) is 0 Å². The third-order valence-corrected chi connectivity index (χ3v) is 4.71. The number of hydrogen-bond donors (Lipinski definition) is 3. The van der Waals surface area contributed by atoms with Gasteiger partial charge < -0.3 is 19.8 Å². The zero-order chi connectivity index (χ0) is 16.5. The van der Waals surface area contributed by atoms with Gasteiger partial charge in [-0.3, -0.25) is 0 Å². The third-order valence-electron chi connectivity index (χ3n) is 4.71. The Bertz CT molecular complexity index is 207. The van der Waals surface area contributed by atoms with E-state index < -0.39 is 0 Å². The van der Waals surface area contributed by atoms with Crippen LogP contribution in [-0.2, 0) is 0 Å². The van der Waals surface area contributed by atoms with Crippen LogP contribution < -0.4 is 0 Å². The van der Waals surface area contributed by atoms with Crippen molar-refractivity contribution in [2.24, 2.45) is 0 Å². The van der Waals surface area contributed by atoms with Crippen LogP contribution in [0, 0.1) is 0 Å². The van der Waals surface area contributed by atoms with Crippen LogP contribution in [0.2, 0.25) is 0 Å². The van der Waals surface area contributed by atoms with Crippen LogP contribution in [0.5, 0.6) is 0 Å². The van der Waals surface area contributed by atoms with Gasteiger partial charge in [-0.05, 0) is 12.8 Å². The molecule has 4 nitrogen and oxygen atoms in total. The monoisotopic (exact) mass is 318 g/mol. The van der Waals surface area contributed by atoms with E-state index in [0.717, 1.165) is 13.0 Å². The first-order valence-electron chi connectivity index (χ1n) is 9.42. The molecule has 0 unspecified atom stereocenters. The number of hydrogen-bond acceptors (Lipinski definition) is 3. The Kier molecular flexibility index (Phi) is 15.6. The van der Waals surface area contributed by atoms with Gasteiger partial charge in [-0.1, -0.05) is 58.3 Å². The molecule has 0 saturated heterocycles. The molecule has 0 aromatic carbocycles. The summed E-state index contributed by atoms with van der Waals surface area (Å²) < 4.78 is 0.653. The molecule has 3 N–H and O–H groups in total. The van der Waals surface area contributed by atoms with E-state index in [1.807, 2.05) is 0 Å². The van der Waals surface area contributed by atoms with Crippen molar-refractivity contribution in [1.82, 2.24) is 0 Å². The van der Waals surface area contributed by atoms with E-state index in [-0.39, 0.29) is 19.8 Å². The summed E-state index contributed by atoms with van der Waals surface area (Å²) in [5, 5.41) is 27.7. The van der Waals surface area contributed by atoms with Gasteiger partial charge >= 0.3 is 0 Å². The second kappa shape index (κ2) is 15.7. The molecule has 0 aliphatic heterocycles. The summed E-state index contributed by atoms with van der Waals surface area (Å²) in [6, 6.07) is 0. The summed E-state index contributed by atoms with van der Waals surface area (Å²) in [5.41, 5.74) is 0. The molecular weight excluding hydrogens is 278 g/mol. The lowest BCUT2D eigenvalue weighted by Gasteiger charge is -2.37. The first-order valence-corrected chi connectivity index (χ1v) is 9.42. The standard InChI is InChI=1S/C18H40NO3/c1-2-3-4-5-6-7-8-9-10-11-12-19(13-16-20,14-17-21)15-18-22/h20-22H,2-18H2,1H3/q+1. The Hall–Kier alpha value is -0.160. The van der Waals surface area contributed by atoms with Crippen LogP contribution in [0.4, 0.5) is 0 Å². The van der Waals surface area contributed by atoms with Crippen molar-refractivity contribution in [3.05, 3.63) is 0 Å². The van der Waals surface area contributed by atoms with Crippen molar-refractivity contribution in [3.63, 3.8) is 0 Å². The zero-order valence-corrected chi connectivity index (χ0v) is 14.8. The van der Waals surface area contributed by atoms with Crippen molar-refractivity contribution in [2.75, 3.05) is 46.0 Å². The van der Waals surface area contributed by atoms with Crippen LogP contribution in [0.15, 0.2) is 0 Å². The van der Waals surface area contributed by atoms with Gasteiger partial charge in [0.15, 0.2) is 0 Å². The fourth-order valence-corrected chi connectivity index (χ4v) is 3.24. The van der Waals surface area contributed by atoms with Crippen LogP contribution >= 0.6 is 0 Å². The molecule has 0 spiro atoms. The minimum Gasteiger partial charge on any atom is -0.391 e. The van der Waals surface area contributed by atoms with Gasteiger partial charge in [0.1, 0.15) is 19.6 Å². The normalized spacial score (nSPS) is 12.0. The van der Waals surface area contributed by atoms with Crippen LogP contribution in [0.25, 0.3) is 0 Å². The molecule has 22 heavy (non-hydrogen) atoms. The molecule has 0 radical (unpaired) electrons. The van der Waals surface area contributed by atoms with Gasteiger partial charge in [-0.25, -0.2) is 0 Å². The average molecular weight is 319 g/mol. The van der Waals surface area contributed by atoms with E-state index in [2.05, 4.69) is 6.92 Å². The van der Waals surface area contributed by atoms with E-state index in [1.54, 1.807) is 0 Å². The molecule has 0 bridgehead atoms. The largest absolute Gasteiger partial charge is 0.391 e. The molecule has 4 heteroatoms. The van der Waals surface area contributed by atoms with Gasteiger partial charge in [0, 0.05) is 0 Å². The van der Waals surface area contributed by atoms with Gasteiger partial charge in [-0.2, -0.15) is 0 Å². The smallest absolute Gasteiger partial charge is 0.102 e. The van der Waals surface area contributed by atoms with Gasteiger partial charge in [0.25, 0.3) is 0 Å². The number of unbranched alkanes of at least 4 members (excludes halogenated alkanes) is 9. The molecule has 134 valence electrons. The summed E-state index contributed by atoms with van der Waals surface area (Å²) in [5.74, 6) is 0. The first-order chi connectivity index (χ1) is 10.7. The lowest BCUT2D eigenvalue weighted by molar-refractivity contribution is -0.929. The van der Waals surface area contributed by atoms with Crippen molar-refractivity contribution in [1.29, 1.82) is 0 Å².